The third-order valence-corrected chi connectivity index (χ3v) is 7.00. The number of hydrogen-bond acceptors (Lipinski definition) is 7. The molecule has 2 aromatic carbocycles. The first kappa shape index (κ1) is 23.0. The highest BCUT2D eigenvalue weighted by Crippen LogP contribution is 2.33. The normalized spacial score (nSPS) is 19.2. The van der Waals surface area contributed by atoms with E-state index in [1.807, 2.05) is 48.6 Å². The molecule has 2 aliphatic rings. The van der Waals surface area contributed by atoms with Crippen LogP contribution < -0.4 is 11.1 Å². The van der Waals surface area contributed by atoms with Crippen molar-refractivity contribution in [1.82, 2.24) is 30.0 Å². The minimum atomic E-state index is -0.340. The Morgan fingerprint density at radius 1 is 1.10 bits per heavy atom. The van der Waals surface area contributed by atoms with Crippen LogP contribution in [0.15, 0.2) is 84.1 Å². The number of hydrogen-bond donors (Lipinski definition) is 2. The van der Waals surface area contributed by atoms with E-state index >= 15 is 0 Å². The molecule has 5 aromatic rings. The van der Waals surface area contributed by atoms with Gasteiger partial charge in [-0.25, -0.2) is 29.0 Å². The molecule has 192 valence electrons. The lowest BCUT2D eigenvalue weighted by molar-refractivity contribution is 0.262. The molecule has 3 aromatic heterocycles. The predicted octanol–water partition coefficient (Wildman–Crippen LogP) is 4.11. The van der Waals surface area contributed by atoms with Crippen LogP contribution in [0.3, 0.4) is 0 Å². The van der Waals surface area contributed by atoms with Crippen molar-refractivity contribution in [3.05, 3.63) is 96.2 Å². The van der Waals surface area contributed by atoms with Gasteiger partial charge in [-0.2, -0.15) is 5.10 Å². The summed E-state index contributed by atoms with van der Waals surface area (Å²) in [7, 11) is 1.68. The Hall–Kier alpha value is -5.12. The van der Waals surface area contributed by atoms with Gasteiger partial charge >= 0.3 is 0 Å². The highest BCUT2D eigenvalue weighted by molar-refractivity contribution is 5.98. The molecule has 39 heavy (non-hydrogen) atoms. The topological polar surface area (TPSA) is 116 Å². The molecule has 9 nitrogen and oxygen atoms in total. The average Bonchev–Trinajstić information content (AvgIpc) is 3.55. The molecular weight excluding hydrogens is 495 g/mol. The summed E-state index contributed by atoms with van der Waals surface area (Å²) >= 11 is 0. The van der Waals surface area contributed by atoms with Crippen molar-refractivity contribution in [2.75, 3.05) is 12.8 Å². The molecule has 0 radical (unpaired) electrons. The molecule has 1 saturated heterocycles. The van der Waals surface area contributed by atoms with E-state index in [2.05, 4.69) is 20.3 Å². The number of rotatable bonds is 4. The van der Waals surface area contributed by atoms with Crippen LogP contribution in [0.2, 0.25) is 0 Å². The number of amidine groups is 1. The molecule has 2 unspecified atom stereocenters. The SMILES string of the molecule is CN=C1NC2C=C(c3nn(Cc4cc5ccccc5nc4-c4ccccc4F)c4ncnc(N)c34)C=CC2O1. The number of nitrogen functional groups attached to an aromatic ring is 1. The number of allylic oxidation sites excluding steroid dienone is 2. The second-order valence-electron chi connectivity index (χ2n) is 9.39. The van der Waals surface area contributed by atoms with Crippen LogP contribution >= 0.6 is 0 Å². The molecule has 0 bridgehead atoms. The van der Waals surface area contributed by atoms with E-state index in [1.54, 1.807) is 29.9 Å². The smallest absolute Gasteiger partial charge is 0.285 e. The van der Waals surface area contributed by atoms with Crippen LogP contribution in [-0.4, -0.2) is 49.9 Å². The maximum Gasteiger partial charge on any atom is 0.285 e. The summed E-state index contributed by atoms with van der Waals surface area (Å²) in [6, 6.07) is 16.9. The zero-order valence-corrected chi connectivity index (χ0v) is 20.9. The van der Waals surface area contributed by atoms with Gasteiger partial charge in [0.05, 0.1) is 29.2 Å². The van der Waals surface area contributed by atoms with E-state index in [1.165, 1.54) is 12.4 Å². The number of aromatic nitrogens is 5. The summed E-state index contributed by atoms with van der Waals surface area (Å²) in [5.41, 5.74) is 11.0. The van der Waals surface area contributed by atoms with Crippen molar-refractivity contribution in [2.24, 2.45) is 4.99 Å². The van der Waals surface area contributed by atoms with E-state index in [0.29, 0.717) is 46.4 Å². The van der Waals surface area contributed by atoms with Gasteiger partial charge in [-0.3, -0.25) is 0 Å². The maximum atomic E-state index is 15.0. The standard InChI is InChI=1S/C29H23FN8O/c1-32-29-36-22-13-17(10-11-23(22)39-29)26-24-27(31)33-15-34-28(24)38(37-26)14-18-12-16-6-2-5-9-21(16)35-25(18)19-7-3-4-8-20(19)30/h2-13,15,22-23H,14H2,1H3,(H,32,36)(H2,31,33,34). The maximum absolute atomic E-state index is 15.0. The van der Waals surface area contributed by atoms with Crippen LogP contribution in [0.5, 0.6) is 0 Å². The fourth-order valence-electron chi connectivity index (χ4n) is 5.15. The highest BCUT2D eigenvalue weighted by atomic mass is 19.1. The minimum absolute atomic E-state index is 0.0906. The summed E-state index contributed by atoms with van der Waals surface area (Å²) in [5, 5.41) is 9.81. The van der Waals surface area contributed by atoms with Gasteiger partial charge in [-0.1, -0.05) is 36.4 Å². The fourth-order valence-corrected chi connectivity index (χ4v) is 5.15. The lowest BCUT2D eigenvalue weighted by atomic mass is 9.97. The molecule has 0 amide bonds. The first-order valence-electron chi connectivity index (χ1n) is 12.5. The first-order valence-corrected chi connectivity index (χ1v) is 12.5. The van der Waals surface area contributed by atoms with E-state index in [9.17, 15) is 4.39 Å². The van der Waals surface area contributed by atoms with Gasteiger partial charge in [0.1, 0.15) is 29.8 Å². The number of nitrogens with one attached hydrogen (secondary N) is 1. The molecule has 2 atom stereocenters. The average molecular weight is 519 g/mol. The van der Waals surface area contributed by atoms with Gasteiger partial charge in [0.2, 0.25) is 0 Å². The Labute approximate surface area is 222 Å². The molecule has 0 spiro atoms. The van der Waals surface area contributed by atoms with Crippen molar-refractivity contribution in [3.8, 4) is 11.3 Å². The summed E-state index contributed by atoms with van der Waals surface area (Å²) < 4.78 is 22.5. The molecule has 0 saturated carbocycles. The molecular formula is C29H23FN8O. The Morgan fingerprint density at radius 2 is 1.95 bits per heavy atom. The zero-order chi connectivity index (χ0) is 26.5. The summed E-state index contributed by atoms with van der Waals surface area (Å²) in [4.78, 5) is 17.7. The number of halogens is 1. The monoisotopic (exact) mass is 518 g/mol. The molecule has 10 heteroatoms. The molecule has 1 fully saturated rings. The third kappa shape index (κ3) is 3.88. The van der Waals surface area contributed by atoms with E-state index < -0.39 is 0 Å². The second-order valence-corrected chi connectivity index (χ2v) is 9.39. The molecule has 1 aliphatic carbocycles. The van der Waals surface area contributed by atoms with Crippen molar-refractivity contribution < 1.29 is 9.13 Å². The number of fused-ring (bicyclic) bond motifs is 3. The van der Waals surface area contributed by atoms with E-state index in [0.717, 1.165) is 22.0 Å². The van der Waals surface area contributed by atoms with Crippen LogP contribution in [0, 0.1) is 5.82 Å². The van der Waals surface area contributed by atoms with Gasteiger partial charge in [-0.05, 0) is 36.4 Å². The van der Waals surface area contributed by atoms with Gasteiger partial charge in [0, 0.05) is 29.1 Å². The Balaban J connectivity index is 1.38. The highest BCUT2D eigenvalue weighted by Gasteiger charge is 2.32. The summed E-state index contributed by atoms with van der Waals surface area (Å²) in [5.74, 6) is -0.0116. The lowest BCUT2D eigenvalue weighted by Crippen LogP contribution is -2.30. The van der Waals surface area contributed by atoms with Crippen LogP contribution in [0.1, 0.15) is 11.3 Å². The number of pyridine rings is 1. The van der Waals surface area contributed by atoms with E-state index in [4.69, 9.17) is 20.6 Å². The zero-order valence-electron chi connectivity index (χ0n) is 20.9. The van der Waals surface area contributed by atoms with Crippen molar-refractivity contribution in [3.63, 3.8) is 0 Å². The van der Waals surface area contributed by atoms with Gasteiger partial charge < -0.3 is 15.8 Å². The lowest BCUT2D eigenvalue weighted by Gasteiger charge is -2.15. The van der Waals surface area contributed by atoms with Gasteiger partial charge in [0.25, 0.3) is 6.02 Å². The summed E-state index contributed by atoms with van der Waals surface area (Å²) in [6.07, 6.45) is 7.25. The minimum Gasteiger partial charge on any atom is -0.455 e. The number of ether oxygens (including phenoxy) is 1. The third-order valence-electron chi connectivity index (χ3n) is 7.00. The molecule has 1 aliphatic heterocycles. The van der Waals surface area contributed by atoms with Crippen LogP contribution in [0.25, 0.3) is 38.8 Å². The summed E-state index contributed by atoms with van der Waals surface area (Å²) in [6.45, 7) is 0.297. The molecule has 7 rings (SSSR count). The van der Waals surface area contributed by atoms with Crippen LogP contribution in [0.4, 0.5) is 10.2 Å². The number of aliphatic imine (C=N–C) groups is 1. The van der Waals surface area contributed by atoms with E-state index in [-0.39, 0.29) is 18.0 Å². The first-order chi connectivity index (χ1) is 19.1. The fraction of sp³-hybridized carbons (Fsp3) is 0.138. The number of nitrogens with zero attached hydrogens (tertiary/aromatic N) is 6. The Bertz CT molecular complexity index is 1860. The van der Waals surface area contributed by atoms with Gasteiger partial charge in [0.15, 0.2) is 5.65 Å². The Morgan fingerprint density at radius 3 is 2.82 bits per heavy atom. The quantitative estimate of drug-likeness (QED) is 0.368. The largest absolute Gasteiger partial charge is 0.455 e. The van der Waals surface area contributed by atoms with Crippen molar-refractivity contribution >= 4 is 39.3 Å². The number of benzene rings is 2. The van der Waals surface area contributed by atoms with Crippen molar-refractivity contribution in [2.45, 2.75) is 18.7 Å². The molecule has 4 heterocycles. The molecule has 3 N–H and O–H groups in total. The van der Waals surface area contributed by atoms with Gasteiger partial charge in [-0.15, -0.1) is 0 Å². The number of para-hydroxylation sites is 1. The second kappa shape index (κ2) is 9.02. The van der Waals surface area contributed by atoms with Crippen LogP contribution in [-0.2, 0) is 11.3 Å². The predicted molar refractivity (Wildman–Crippen MR) is 148 cm³/mol. The van der Waals surface area contributed by atoms with Crippen molar-refractivity contribution in [1.29, 1.82) is 0 Å². The number of nitrogens with two attached hydrogens (primary N) is 1. The number of anilines is 1. The Kier molecular flexibility index (Phi) is 5.32.